The smallest absolute Gasteiger partial charge is 0.234 e. The standard InChI is InChI=1S/C10H11NO3/c1-5-7-6(11-14-5)4-10(2,3)9(13)8(7)12/h4H2,1-3H3. The lowest BCUT2D eigenvalue weighted by molar-refractivity contribution is -0.123. The van der Waals surface area contributed by atoms with E-state index in [2.05, 4.69) is 5.16 Å². The second kappa shape index (κ2) is 2.53. The number of aryl methyl sites for hydroxylation is 1. The third-order valence-electron chi connectivity index (χ3n) is 2.59. The molecule has 14 heavy (non-hydrogen) atoms. The Balaban J connectivity index is 2.62. The molecule has 0 fully saturated rings. The minimum absolute atomic E-state index is 0.351. The molecule has 0 atom stereocenters. The fourth-order valence-corrected chi connectivity index (χ4v) is 1.75. The summed E-state index contributed by atoms with van der Waals surface area (Å²) in [5.74, 6) is -0.375. The Labute approximate surface area is 81.3 Å². The number of rotatable bonds is 0. The molecule has 0 saturated carbocycles. The topological polar surface area (TPSA) is 60.2 Å². The van der Waals surface area contributed by atoms with Gasteiger partial charge < -0.3 is 4.52 Å². The maximum atomic E-state index is 11.7. The van der Waals surface area contributed by atoms with Gasteiger partial charge in [0.25, 0.3) is 0 Å². The van der Waals surface area contributed by atoms with E-state index < -0.39 is 11.2 Å². The van der Waals surface area contributed by atoms with Crippen LogP contribution in [0, 0.1) is 12.3 Å². The summed E-state index contributed by atoms with van der Waals surface area (Å²) in [5, 5.41) is 3.79. The Hall–Kier alpha value is -1.45. The molecule has 1 aliphatic carbocycles. The van der Waals surface area contributed by atoms with E-state index in [-0.39, 0.29) is 5.78 Å². The summed E-state index contributed by atoms with van der Waals surface area (Å²) in [7, 11) is 0. The van der Waals surface area contributed by atoms with Crippen LogP contribution in [-0.2, 0) is 11.2 Å². The van der Waals surface area contributed by atoms with Crippen LogP contribution >= 0.6 is 0 Å². The number of hydrogen-bond donors (Lipinski definition) is 0. The van der Waals surface area contributed by atoms with Gasteiger partial charge in [0.15, 0.2) is 0 Å². The Morgan fingerprint density at radius 3 is 2.64 bits per heavy atom. The van der Waals surface area contributed by atoms with Crippen molar-refractivity contribution in [3.63, 3.8) is 0 Å². The predicted molar refractivity (Wildman–Crippen MR) is 48.1 cm³/mol. The van der Waals surface area contributed by atoms with Gasteiger partial charge in [-0.05, 0) is 6.92 Å². The van der Waals surface area contributed by atoms with Crippen LogP contribution < -0.4 is 0 Å². The maximum absolute atomic E-state index is 11.7. The van der Waals surface area contributed by atoms with Crippen LogP contribution in [0.5, 0.6) is 0 Å². The van der Waals surface area contributed by atoms with E-state index in [1.807, 2.05) is 0 Å². The Morgan fingerprint density at radius 2 is 2.00 bits per heavy atom. The summed E-state index contributed by atoms with van der Waals surface area (Å²) in [6.45, 7) is 5.15. The van der Waals surface area contributed by atoms with Gasteiger partial charge in [0.2, 0.25) is 11.6 Å². The molecular formula is C10H11NO3. The fourth-order valence-electron chi connectivity index (χ4n) is 1.75. The first-order valence-electron chi connectivity index (χ1n) is 4.48. The van der Waals surface area contributed by atoms with Gasteiger partial charge in [0, 0.05) is 11.8 Å². The van der Waals surface area contributed by atoms with E-state index in [0.717, 1.165) is 0 Å². The first kappa shape index (κ1) is 9.12. The van der Waals surface area contributed by atoms with Gasteiger partial charge >= 0.3 is 0 Å². The molecule has 0 N–H and O–H groups in total. The van der Waals surface area contributed by atoms with Gasteiger partial charge in [-0.15, -0.1) is 0 Å². The van der Waals surface area contributed by atoms with Crippen molar-refractivity contribution in [2.24, 2.45) is 5.41 Å². The van der Waals surface area contributed by atoms with Crippen molar-refractivity contribution >= 4 is 11.6 Å². The molecule has 4 heteroatoms. The zero-order valence-corrected chi connectivity index (χ0v) is 8.38. The van der Waals surface area contributed by atoms with Crippen molar-refractivity contribution in [3.8, 4) is 0 Å². The molecule has 0 saturated heterocycles. The molecule has 0 bridgehead atoms. The van der Waals surface area contributed by atoms with Gasteiger partial charge in [0.1, 0.15) is 5.76 Å². The molecule has 4 nitrogen and oxygen atoms in total. The lowest BCUT2D eigenvalue weighted by Gasteiger charge is -2.24. The second-order valence-electron chi connectivity index (χ2n) is 4.28. The number of fused-ring (bicyclic) bond motifs is 1. The van der Waals surface area contributed by atoms with Crippen LogP contribution in [0.2, 0.25) is 0 Å². The molecule has 0 radical (unpaired) electrons. The van der Waals surface area contributed by atoms with Crippen LogP contribution in [0.15, 0.2) is 4.52 Å². The van der Waals surface area contributed by atoms with Gasteiger partial charge in [-0.1, -0.05) is 19.0 Å². The zero-order valence-electron chi connectivity index (χ0n) is 8.38. The average molecular weight is 193 g/mol. The largest absolute Gasteiger partial charge is 0.361 e. The lowest BCUT2D eigenvalue weighted by Crippen LogP contribution is -2.38. The fraction of sp³-hybridized carbons (Fsp3) is 0.500. The molecule has 74 valence electrons. The van der Waals surface area contributed by atoms with Crippen LogP contribution in [0.1, 0.15) is 35.7 Å². The lowest BCUT2D eigenvalue weighted by atomic mass is 9.74. The van der Waals surface area contributed by atoms with Crippen molar-refractivity contribution in [3.05, 3.63) is 17.0 Å². The number of nitrogens with zero attached hydrogens (tertiary/aromatic N) is 1. The van der Waals surface area contributed by atoms with Gasteiger partial charge in [0.05, 0.1) is 11.3 Å². The predicted octanol–water partition coefficient (Wildman–Crippen LogP) is 1.32. The third kappa shape index (κ3) is 1.03. The molecule has 1 heterocycles. The summed E-state index contributed by atoms with van der Waals surface area (Å²) in [6.07, 6.45) is 0.476. The van der Waals surface area contributed by atoms with Crippen molar-refractivity contribution in [1.29, 1.82) is 0 Å². The number of hydrogen-bond acceptors (Lipinski definition) is 4. The van der Waals surface area contributed by atoms with E-state index in [0.29, 0.717) is 23.4 Å². The van der Waals surface area contributed by atoms with E-state index in [1.54, 1.807) is 20.8 Å². The van der Waals surface area contributed by atoms with Gasteiger partial charge in [-0.3, -0.25) is 9.59 Å². The zero-order chi connectivity index (χ0) is 10.5. The molecule has 2 rings (SSSR count). The molecule has 1 aromatic heterocycles. The molecule has 1 aliphatic rings. The van der Waals surface area contributed by atoms with Crippen LogP contribution in [0.25, 0.3) is 0 Å². The monoisotopic (exact) mass is 193 g/mol. The van der Waals surface area contributed by atoms with Crippen LogP contribution in [0.4, 0.5) is 0 Å². The highest BCUT2D eigenvalue weighted by atomic mass is 16.5. The van der Waals surface area contributed by atoms with Crippen molar-refractivity contribution in [2.45, 2.75) is 27.2 Å². The Morgan fingerprint density at radius 1 is 1.36 bits per heavy atom. The summed E-state index contributed by atoms with van der Waals surface area (Å²) in [5.41, 5.74) is 0.333. The maximum Gasteiger partial charge on any atom is 0.234 e. The molecule has 1 aromatic rings. The Bertz CT molecular complexity index is 429. The molecule has 0 aliphatic heterocycles. The molecule has 0 amide bonds. The highest BCUT2D eigenvalue weighted by molar-refractivity contribution is 6.46. The van der Waals surface area contributed by atoms with E-state index in [4.69, 9.17) is 4.52 Å². The minimum atomic E-state index is -0.645. The van der Waals surface area contributed by atoms with Gasteiger partial charge in [-0.2, -0.15) is 0 Å². The quantitative estimate of drug-likeness (QED) is 0.583. The molecular weight excluding hydrogens is 182 g/mol. The first-order valence-corrected chi connectivity index (χ1v) is 4.48. The SMILES string of the molecule is Cc1onc2c1C(=O)C(=O)C(C)(C)C2. The molecule has 0 spiro atoms. The number of carbonyl (C=O) groups is 2. The van der Waals surface area contributed by atoms with Crippen LogP contribution in [-0.4, -0.2) is 16.7 Å². The highest BCUT2D eigenvalue weighted by Crippen LogP contribution is 2.32. The summed E-state index contributed by atoms with van der Waals surface area (Å²) in [6, 6.07) is 0. The van der Waals surface area contributed by atoms with Crippen molar-refractivity contribution in [2.75, 3.05) is 0 Å². The molecule has 0 aromatic carbocycles. The average Bonchev–Trinajstić information content (AvgIpc) is 2.43. The highest BCUT2D eigenvalue weighted by Gasteiger charge is 2.42. The summed E-state index contributed by atoms with van der Waals surface area (Å²) >= 11 is 0. The first-order chi connectivity index (χ1) is 6.43. The third-order valence-corrected chi connectivity index (χ3v) is 2.59. The number of Topliss-reactive ketones (excluding diaryl/α,β-unsaturated/α-hetero) is 2. The van der Waals surface area contributed by atoms with E-state index >= 15 is 0 Å². The summed E-state index contributed by atoms with van der Waals surface area (Å²) < 4.78 is 4.91. The van der Waals surface area contributed by atoms with Crippen LogP contribution in [0.3, 0.4) is 0 Å². The van der Waals surface area contributed by atoms with Crippen molar-refractivity contribution < 1.29 is 14.1 Å². The molecule has 0 unspecified atom stereocenters. The number of carbonyl (C=O) groups excluding carboxylic acids is 2. The van der Waals surface area contributed by atoms with E-state index in [9.17, 15) is 9.59 Å². The number of ketones is 2. The minimum Gasteiger partial charge on any atom is -0.361 e. The van der Waals surface area contributed by atoms with Gasteiger partial charge in [-0.25, -0.2) is 0 Å². The van der Waals surface area contributed by atoms with E-state index in [1.165, 1.54) is 0 Å². The normalized spacial score (nSPS) is 19.6. The summed E-state index contributed by atoms with van der Waals surface area (Å²) in [4.78, 5) is 23.3. The Kier molecular flexibility index (Phi) is 1.65. The second-order valence-corrected chi connectivity index (χ2v) is 4.28. The number of aromatic nitrogens is 1. The van der Waals surface area contributed by atoms with Crippen molar-refractivity contribution in [1.82, 2.24) is 5.16 Å².